The summed E-state index contributed by atoms with van der Waals surface area (Å²) in [5.41, 5.74) is 0. The van der Waals surface area contributed by atoms with E-state index in [4.69, 9.17) is 4.42 Å². The minimum Gasteiger partial charge on any atom is -0.416 e. The average molecular weight is 377 g/mol. The van der Waals surface area contributed by atoms with Gasteiger partial charge < -0.3 is 9.73 Å². The zero-order valence-corrected chi connectivity index (χ0v) is 15.4. The standard InChI is InChI=1S/C18H23N3O4S/c22-17(19-14-9-5-2-1-3-6-10-14)18-21-20-16(25-18)13-26(23,24)15-11-7-4-8-12-15/h4,7-8,11-12,14H,1-3,5-6,9-10,13H2,(H,19,22). The highest BCUT2D eigenvalue weighted by molar-refractivity contribution is 7.90. The van der Waals surface area contributed by atoms with Crippen LogP contribution in [0, 0.1) is 0 Å². The van der Waals surface area contributed by atoms with Gasteiger partial charge in [-0.15, -0.1) is 10.2 Å². The van der Waals surface area contributed by atoms with E-state index in [2.05, 4.69) is 15.5 Å². The third-order valence-corrected chi connectivity index (χ3v) is 6.13. The molecule has 1 heterocycles. The molecular weight excluding hydrogens is 354 g/mol. The van der Waals surface area contributed by atoms with E-state index >= 15 is 0 Å². The summed E-state index contributed by atoms with van der Waals surface area (Å²) in [6.45, 7) is 0. The highest BCUT2D eigenvalue weighted by Gasteiger charge is 2.23. The van der Waals surface area contributed by atoms with E-state index in [9.17, 15) is 13.2 Å². The Kier molecular flexibility index (Phi) is 6.03. The van der Waals surface area contributed by atoms with Crippen molar-refractivity contribution in [1.82, 2.24) is 15.5 Å². The van der Waals surface area contributed by atoms with Gasteiger partial charge in [-0.05, 0) is 25.0 Å². The molecule has 0 saturated heterocycles. The Morgan fingerprint density at radius 1 is 1.04 bits per heavy atom. The van der Waals surface area contributed by atoms with Crippen molar-refractivity contribution in [2.24, 2.45) is 0 Å². The van der Waals surface area contributed by atoms with Crippen LogP contribution in [0.4, 0.5) is 0 Å². The molecule has 1 aliphatic carbocycles. The van der Waals surface area contributed by atoms with Gasteiger partial charge in [0.2, 0.25) is 5.89 Å². The van der Waals surface area contributed by atoms with Gasteiger partial charge in [0.15, 0.2) is 9.84 Å². The molecule has 1 amide bonds. The monoisotopic (exact) mass is 377 g/mol. The molecule has 1 N–H and O–H groups in total. The highest BCUT2D eigenvalue weighted by atomic mass is 32.2. The quantitative estimate of drug-likeness (QED) is 0.859. The molecule has 140 valence electrons. The lowest BCUT2D eigenvalue weighted by Crippen LogP contribution is -2.35. The fourth-order valence-electron chi connectivity index (χ4n) is 3.13. The molecule has 8 heteroatoms. The van der Waals surface area contributed by atoms with E-state index in [-0.39, 0.29) is 22.7 Å². The van der Waals surface area contributed by atoms with Crippen LogP contribution in [0.5, 0.6) is 0 Å². The maximum Gasteiger partial charge on any atom is 0.309 e. The first kappa shape index (κ1) is 18.6. The molecule has 1 aliphatic rings. The van der Waals surface area contributed by atoms with E-state index in [1.165, 1.54) is 31.4 Å². The van der Waals surface area contributed by atoms with Crippen molar-refractivity contribution in [3.8, 4) is 0 Å². The summed E-state index contributed by atoms with van der Waals surface area (Å²) < 4.78 is 30.0. The Labute approximate surface area is 153 Å². The van der Waals surface area contributed by atoms with Gasteiger partial charge in [-0.2, -0.15) is 0 Å². The SMILES string of the molecule is O=C(NC1CCCCCCC1)c1nnc(CS(=O)(=O)c2ccccc2)o1. The first-order valence-electron chi connectivity index (χ1n) is 8.96. The Bertz CT molecular complexity index is 825. The predicted molar refractivity (Wildman–Crippen MR) is 95.2 cm³/mol. The summed E-state index contributed by atoms with van der Waals surface area (Å²) in [7, 11) is -3.59. The lowest BCUT2D eigenvalue weighted by atomic mass is 9.97. The van der Waals surface area contributed by atoms with E-state index in [1.807, 2.05) is 0 Å². The fourth-order valence-corrected chi connectivity index (χ4v) is 4.31. The summed E-state index contributed by atoms with van der Waals surface area (Å²) >= 11 is 0. The van der Waals surface area contributed by atoms with E-state index < -0.39 is 21.5 Å². The number of benzene rings is 1. The molecular formula is C18H23N3O4S. The largest absolute Gasteiger partial charge is 0.416 e. The summed E-state index contributed by atoms with van der Waals surface area (Å²) in [6.07, 6.45) is 7.70. The molecule has 0 aliphatic heterocycles. The number of carbonyl (C=O) groups excluding carboxylic acids is 1. The van der Waals surface area contributed by atoms with Crippen molar-refractivity contribution in [1.29, 1.82) is 0 Å². The van der Waals surface area contributed by atoms with Crippen LogP contribution in [0.1, 0.15) is 61.5 Å². The van der Waals surface area contributed by atoms with Crippen molar-refractivity contribution in [2.45, 2.75) is 61.6 Å². The third-order valence-electron chi connectivity index (χ3n) is 4.52. The Morgan fingerprint density at radius 2 is 1.69 bits per heavy atom. The molecule has 1 fully saturated rings. The Balaban J connectivity index is 1.62. The summed E-state index contributed by atoms with van der Waals surface area (Å²) in [5.74, 6) is -1.14. The molecule has 26 heavy (non-hydrogen) atoms. The number of hydrogen-bond donors (Lipinski definition) is 1. The number of nitrogens with one attached hydrogen (secondary N) is 1. The molecule has 2 aromatic rings. The van der Waals surface area contributed by atoms with Crippen molar-refractivity contribution in [3.63, 3.8) is 0 Å². The number of rotatable bonds is 5. The van der Waals surface area contributed by atoms with Crippen molar-refractivity contribution < 1.29 is 17.6 Å². The van der Waals surface area contributed by atoms with Gasteiger partial charge in [0.25, 0.3) is 0 Å². The smallest absolute Gasteiger partial charge is 0.309 e. The van der Waals surface area contributed by atoms with Gasteiger partial charge in [-0.25, -0.2) is 8.42 Å². The van der Waals surface area contributed by atoms with Crippen LogP contribution >= 0.6 is 0 Å². The summed E-state index contributed by atoms with van der Waals surface area (Å²) in [4.78, 5) is 12.5. The molecule has 0 atom stereocenters. The lowest BCUT2D eigenvalue weighted by Gasteiger charge is -2.19. The van der Waals surface area contributed by atoms with Crippen molar-refractivity contribution in [2.75, 3.05) is 0 Å². The van der Waals surface area contributed by atoms with Gasteiger partial charge in [-0.3, -0.25) is 4.79 Å². The molecule has 0 unspecified atom stereocenters. The molecule has 0 spiro atoms. The van der Waals surface area contributed by atoms with Crippen LogP contribution in [0.2, 0.25) is 0 Å². The Morgan fingerprint density at radius 3 is 2.38 bits per heavy atom. The molecule has 3 rings (SSSR count). The first-order valence-corrected chi connectivity index (χ1v) is 10.6. The maximum atomic E-state index is 12.3. The van der Waals surface area contributed by atoms with Gasteiger partial charge in [-0.1, -0.05) is 50.3 Å². The van der Waals surface area contributed by atoms with Crippen LogP contribution < -0.4 is 5.32 Å². The number of hydrogen-bond acceptors (Lipinski definition) is 6. The van der Waals surface area contributed by atoms with Crippen LogP contribution in [0.3, 0.4) is 0 Å². The van der Waals surface area contributed by atoms with Gasteiger partial charge >= 0.3 is 11.8 Å². The number of amides is 1. The van der Waals surface area contributed by atoms with Crippen LogP contribution in [0.25, 0.3) is 0 Å². The number of carbonyl (C=O) groups is 1. The van der Waals surface area contributed by atoms with Gasteiger partial charge in [0, 0.05) is 6.04 Å². The van der Waals surface area contributed by atoms with E-state index in [0.29, 0.717) is 0 Å². The molecule has 0 radical (unpaired) electrons. The highest BCUT2D eigenvalue weighted by Crippen LogP contribution is 2.18. The zero-order chi connectivity index (χ0) is 18.4. The maximum absolute atomic E-state index is 12.3. The normalized spacial score (nSPS) is 16.6. The fraction of sp³-hybridized carbons (Fsp3) is 0.500. The zero-order valence-electron chi connectivity index (χ0n) is 14.6. The third kappa shape index (κ3) is 4.91. The van der Waals surface area contributed by atoms with Crippen molar-refractivity contribution >= 4 is 15.7 Å². The molecule has 1 aromatic carbocycles. The molecule has 1 saturated carbocycles. The van der Waals surface area contributed by atoms with Gasteiger partial charge in [0.05, 0.1) is 4.90 Å². The van der Waals surface area contributed by atoms with E-state index in [0.717, 1.165) is 25.7 Å². The van der Waals surface area contributed by atoms with E-state index in [1.54, 1.807) is 18.2 Å². The summed E-state index contributed by atoms with van der Waals surface area (Å²) in [5, 5.41) is 10.4. The average Bonchev–Trinajstić information content (AvgIpc) is 3.06. The van der Waals surface area contributed by atoms with Crippen LogP contribution in [0.15, 0.2) is 39.6 Å². The molecule has 7 nitrogen and oxygen atoms in total. The van der Waals surface area contributed by atoms with Crippen molar-refractivity contribution in [3.05, 3.63) is 42.1 Å². The topological polar surface area (TPSA) is 102 Å². The summed E-state index contributed by atoms with van der Waals surface area (Å²) in [6, 6.07) is 8.15. The number of sulfone groups is 1. The minimum atomic E-state index is -3.59. The lowest BCUT2D eigenvalue weighted by molar-refractivity contribution is 0.0893. The second-order valence-electron chi connectivity index (χ2n) is 6.59. The minimum absolute atomic E-state index is 0.0864. The number of aromatic nitrogens is 2. The molecule has 0 bridgehead atoms. The number of nitrogens with zero attached hydrogens (tertiary/aromatic N) is 2. The van der Waals surface area contributed by atoms with Crippen LogP contribution in [-0.2, 0) is 15.6 Å². The second kappa shape index (κ2) is 8.44. The predicted octanol–water partition coefficient (Wildman–Crippen LogP) is 2.89. The second-order valence-corrected chi connectivity index (χ2v) is 8.58. The molecule has 1 aromatic heterocycles. The van der Waals surface area contributed by atoms with Crippen LogP contribution in [-0.4, -0.2) is 30.6 Å². The van der Waals surface area contributed by atoms with Gasteiger partial charge in [0.1, 0.15) is 5.75 Å². The first-order chi connectivity index (χ1) is 12.5. The Hall–Kier alpha value is -2.22.